The highest BCUT2D eigenvalue weighted by Gasteiger charge is 2.36. The Balaban J connectivity index is 2.12. The van der Waals surface area contributed by atoms with Crippen molar-refractivity contribution in [3.8, 4) is 6.07 Å². The number of hydrogen-bond donors (Lipinski definition) is 1. The average Bonchev–Trinajstić information content (AvgIpc) is 3.11. The van der Waals surface area contributed by atoms with E-state index in [0.29, 0.717) is 30.4 Å². The molecule has 0 saturated carbocycles. The number of aromatic nitrogens is 1. The molecule has 0 saturated heterocycles. The summed E-state index contributed by atoms with van der Waals surface area (Å²) in [6.07, 6.45) is 1.64. The number of nitrogens with zero attached hydrogens (tertiary/aromatic N) is 2. The number of carbonyl (C=O) groups is 1. The van der Waals surface area contributed by atoms with Crippen molar-refractivity contribution in [1.29, 1.82) is 5.26 Å². The van der Waals surface area contributed by atoms with Crippen molar-refractivity contribution in [1.82, 2.24) is 4.57 Å². The summed E-state index contributed by atoms with van der Waals surface area (Å²) in [6, 6.07) is 16.0. The Morgan fingerprint density at radius 1 is 1.27 bits per heavy atom. The lowest BCUT2D eigenvalue weighted by Gasteiger charge is -2.24. The van der Waals surface area contributed by atoms with Gasteiger partial charge in [-0.2, -0.15) is 5.26 Å². The van der Waals surface area contributed by atoms with E-state index in [1.807, 2.05) is 0 Å². The second kappa shape index (κ2) is 9.28. The highest BCUT2D eigenvalue weighted by atomic mass is 35.5. The molecule has 1 aliphatic heterocycles. The minimum Gasteiger partial charge on any atom is -0.463 e. The molecule has 1 unspecified atom stereocenters. The average molecular weight is 498 g/mol. The standard InChI is InChI=1S/C24H17Cl2N3O3S/c1-2-32-24(31)20-19(14-7-5-8-15(25)10-14)16(12-27)21(28)29-22(30)18(33-23(20)29)11-13-6-3-4-9-17(13)26/h3-11,19H,2,28H2,1H3. The van der Waals surface area contributed by atoms with Crippen LogP contribution < -0.4 is 20.5 Å². The van der Waals surface area contributed by atoms with Gasteiger partial charge in [0.15, 0.2) is 0 Å². The Labute approximate surface area is 203 Å². The van der Waals surface area contributed by atoms with Crippen LogP contribution >= 0.6 is 34.5 Å². The van der Waals surface area contributed by atoms with Crippen molar-refractivity contribution in [2.75, 3.05) is 6.61 Å². The van der Waals surface area contributed by atoms with Gasteiger partial charge in [0.1, 0.15) is 10.5 Å². The van der Waals surface area contributed by atoms with E-state index in [2.05, 4.69) is 6.07 Å². The molecule has 1 aliphatic rings. The van der Waals surface area contributed by atoms with Crippen molar-refractivity contribution in [2.24, 2.45) is 5.73 Å². The summed E-state index contributed by atoms with van der Waals surface area (Å²) < 4.78 is 7.12. The van der Waals surface area contributed by atoms with Crippen LogP contribution in [0, 0.1) is 11.3 Å². The van der Waals surface area contributed by atoms with Crippen molar-refractivity contribution < 1.29 is 9.53 Å². The summed E-state index contributed by atoms with van der Waals surface area (Å²) in [6.45, 7) is 1.81. The van der Waals surface area contributed by atoms with Crippen LogP contribution in [0.3, 0.4) is 0 Å². The number of carbonyl (C=O) groups excluding carboxylic acids is 1. The molecule has 1 aromatic heterocycles. The molecule has 0 radical (unpaired) electrons. The number of esters is 1. The number of allylic oxidation sites excluding steroid dienone is 1. The first-order chi connectivity index (χ1) is 15.9. The monoisotopic (exact) mass is 497 g/mol. The first-order valence-electron chi connectivity index (χ1n) is 9.92. The molecule has 1 atom stereocenters. The molecule has 2 aromatic carbocycles. The number of nitriles is 1. The van der Waals surface area contributed by atoms with Gasteiger partial charge in [-0.3, -0.25) is 9.36 Å². The van der Waals surface area contributed by atoms with Crippen LogP contribution in [-0.2, 0) is 9.53 Å². The lowest BCUT2D eigenvalue weighted by molar-refractivity contribution is -0.136. The van der Waals surface area contributed by atoms with E-state index in [0.717, 1.165) is 11.3 Å². The number of thiazole rings is 1. The molecule has 0 amide bonds. The van der Waals surface area contributed by atoms with Gasteiger partial charge < -0.3 is 10.5 Å². The van der Waals surface area contributed by atoms with Gasteiger partial charge in [0.25, 0.3) is 5.56 Å². The first kappa shape index (κ1) is 22.9. The van der Waals surface area contributed by atoms with Crippen LogP contribution in [-0.4, -0.2) is 17.1 Å². The molecule has 0 spiro atoms. The first-order valence-corrected chi connectivity index (χ1v) is 11.5. The maximum Gasteiger partial charge on any atom is 0.338 e. The Morgan fingerprint density at radius 3 is 2.70 bits per heavy atom. The van der Waals surface area contributed by atoms with Crippen molar-refractivity contribution in [2.45, 2.75) is 12.8 Å². The molecule has 33 heavy (non-hydrogen) atoms. The molecule has 9 heteroatoms. The third-order valence-corrected chi connectivity index (χ3v) is 6.83. The summed E-state index contributed by atoms with van der Waals surface area (Å²) in [4.78, 5) is 26.4. The van der Waals surface area contributed by atoms with E-state index in [9.17, 15) is 14.9 Å². The topological polar surface area (TPSA) is 98.1 Å². The number of halogens is 2. The maximum absolute atomic E-state index is 13.3. The predicted molar refractivity (Wildman–Crippen MR) is 130 cm³/mol. The van der Waals surface area contributed by atoms with E-state index in [-0.39, 0.29) is 23.6 Å². The van der Waals surface area contributed by atoms with E-state index in [4.69, 9.17) is 33.7 Å². The third-order valence-electron chi connectivity index (χ3n) is 5.14. The van der Waals surface area contributed by atoms with Gasteiger partial charge in [-0.25, -0.2) is 4.79 Å². The van der Waals surface area contributed by atoms with Crippen LogP contribution in [0.15, 0.2) is 58.9 Å². The highest BCUT2D eigenvalue weighted by molar-refractivity contribution is 7.07. The van der Waals surface area contributed by atoms with Crippen LogP contribution in [0.2, 0.25) is 10.0 Å². The van der Waals surface area contributed by atoms with Gasteiger partial charge in [0.2, 0.25) is 0 Å². The summed E-state index contributed by atoms with van der Waals surface area (Å²) in [5, 5.41) is 10.9. The predicted octanol–water partition coefficient (Wildman–Crippen LogP) is 3.21. The molecular formula is C24H17Cl2N3O3S. The third kappa shape index (κ3) is 4.09. The summed E-state index contributed by atoms with van der Waals surface area (Å²) in [5.74, 6) is -1.51. The van der Waals surface area contributed by atoms with Crippen LogP contribution in [0.1, 0.15) is 24.0 Å². The van der Waals surface area contributed by atoms with Crippen LogP contribution in [0.25, 0.3) is 17.5 Å². The fraction of sp³-hybridized carbons (Fsp3) is 0.125. The Bertz CT molecular complexity index is 1530. The molecule has 166 valence electrons. The Morgan fingerprint density at radius 2 is 2.03 bits per heavy atom. The summed E-state index contributed by atoms with van der Waals surface area (Å²) in [5.41, 5.74) is 7.33. The van der Waals surface area contributed by atoms with Crippen LogP contribution in [0.5, 0.6) is 0 Å². The van der Waals surface area contributed by atoms with Gasteiger partial charge in [0, 0.05) is 10.0 Å². The van der Waals surface area contributed by atoms with E-state index < -0.39 is 17.4 Å². The van der Waals surface area contributed by atoms with E-state index >= 15 is 0 Å². The SMILES string of the molecule is CCOC(=O)C1=c2sc(=Cc3ccccc3Cl)c(=O)n2C(N)=C(C#N)C1c1cccc(Cl)c1. The van der Waals surface area contributed by atoms with Crippen molar-refractivity contribution in [3.05, 3.63) is 94.8 Å². The van der Waals surface area contributed by atoms with Gasteiger partial charge in [-0.05, 0) is 42.3 Å². The molecule has 2 heterocycles. The van der Waals surface area contributed by atoms with Gasteiger partial charge in [0.05, 0.1) is 34.3 Å². The molecular weight excluding hydrogens is 481 g/mol. The quantitative estimate of drug-likeness (QED) is 0.558. The fourth-order valence-corrected chi connectivity index (χ4v) is 5.25. The zero-order valence-electron chi connectivity index (χ0n) is 17.3. The summed E-state index contributed by atoms with van der Waals surface area (Å²) >= 11 is 13.5. The number of fused-ring (bicyclic) bond motifs is 1. The maximum atomic E-state index is 13.3. The fourth-order valence-electron chi connectivity index (χ4n) is 3.71. The van der Waals surface area contributed by atoms with E-state index in [1.54, 1.807) is 61.5 Å². The number of rotatable bonds is 4. The second-order valence-electron chi connectivity index (χ2n) is 7.11. The second-order valence-corrected chi connectivity index (χ2v) is 8.99. The molecule has 4 rings (SSSR count). The highest BCUT2D eigenvalue weighted by Crippen LogP contribution is 2.37. The lowest BCUT2D eigenvalue weighted by Crippen LogP contribution is -2.40. The largest absolute Gasteiger partial charge is 0.463 e. The normalized spacial score (nSPS) is 15.9. The molecule has 3 aromatic rings. The smallest absolute Gasteiger partial charge is 0.338 e. The molecule has 0 aliphatic carbocycles. The Kier molecular flexibility index (Phi) is 6.43. The summed E-state index contributed by atoms with van der Waals surface area (Å²) in [7, 11) is 0. The van der Waals surface area contributed by atoms with Gasteiger partial charge >= 0.3 is 5.97 Å². The number of benzene rings is 2. The number of hydrogen-bond acceptors (Lipinski definition) is 6. The number of ether oxygens (including phenoxy) is 1. The van der Waals surface area contributed by atoms with Gasteiger partial charge in [-0.1, -0.05) is 53.5 Å². The molecule has 6 nitrogen and oxygen atoms in total. The zero-order valence-corrected chi connectivity index (χ0v) is 19.7. The van der Waals surface area contributed by atoms with Gasteiger partial charge in [-0.15, -0.1) is 11.3 Å². The van der Waals surface area contributed by atoms with E-state index in [1.165, 1.54) is 4.57 Å². The minimum absolute atomic E-state index is 0.0365. The lowest BCUT2D eigenvalue weighted by atomic mass is 9.84. The number of nitrogens with two attached hydrogens (primary N) is 1. The molecule has 0 fully saturated rings. The minimum atomic E-state index is -0.834. The Hall–Kier alpha value is -3.31. The van der Waals surface area contributed by atoms with Crippen LogP contribution in [0.4, 0.5) is 0 Å². The van der Waals surface area contributed by atoms with Crippen molar-refractivity contribution >= 4 is 58.0 Å². The van der Waals surface area contributed by atoms with Crippen molar-refractivity contribution in [3.63, 3.8) is 0 Å². The zero-order chi connectivity index (χ0) is 23.7. The molecule has 2 N–H and O–H groups in total. The molecule has 0 bridgehead atoms.